The Labute approximate surface area is 96.9 Å². The molecule has 2 amide bonds. The van der Waals surface area contributed by atoms with Gasteiger partial charge in [0.15, 0.2) is 0 Å². The normalized spacial score (nSPS) is 19.2. The van der Waals surface area contributed by atoms with Crippen molar-refractivity contribution in [3.8, 4) is 0 Å². The molecule has 0 aromatic heterocycles. The van der Waals surface area contributed by atoms with Gasteiger partial charge >= 0.3 is 28.1 Å². The summed E-state index contributed by atoms with van der Waals surface area (Å²) in [6.07, 6.45) is -0.857. The van der Waals surface area contributed by atoms with E-state index in [1.807, 2.05) is 0 Å². The first-order chi connectivity index (χ1) is 7.63. The molecule has 0 aliphatic carbocycles. The zero-order valence-corrected chi connectivity index (χ0v) is 9.69. The second-order valence-electron chi connectivity index (χ2n) is 3.45. The van der Waals surface area contributed by atoms with E-state index in [-0.39, 0.29) is 5.57 Å². The number of hydrogen-bond donors (Lipinski definition) is 1. The largest absolute Gasteiger partial charge is 0.488 e. The van der Waals surface area contributed by atoms with E-state index < -0.39 is 45.0 Å². The summed E-state index contributed by atoms with van der Waals surface area (Å²) in [6, 6.07) is 0. The van der Waals surface area contributed by atoms with E-state index in [4.69, 9.17) is 4.55 Å². The Morgan fingerprint density at radius 3 is 2.06 bits per heavy atom. The monoisotopic (exact) mass is 264 g/mol. The number of imide groups is 1. The fraction of sp³-hybridized carbons (Fsp3) is 0.375. The summed E-state index contributed by atoms with van der Waals surface area (Å²) in [6.45, 7) is 4.38. The minimum atomic E-state index is -5.24. The number of carbonyl (C=O) groups is 3. The fourth-order valence-electron chi connectivity index (χ4n) is 1.25. The lowest BCUT2D eigenvalue weighted by Crippen LogP contribution is -2.57. The van der Waals surface area contributed by atoms with Gasteiger partial charge in [0.25, 0.3) is 0 Å². The average molecular weight is 264 g/mol. The van der Waals surface area contributed by atoms with Gasteiger partial charge in [-0.1, -0.05) is 6.58 Å². The van der Waals surface area contributed by atoms with Crippen LogP contribution in [0.4, 0.5) is 0 Å². The maximum atomic E-state index is 11.4. The van der Waals surface area contributed by atoms with Gasteiger partial charge in [0.2, 0.25) is 0 Å². The molecule has 1 fully saturated rings. The second kappa shape index (κ2) is 4.02. The van der Waals surface area contributed by atoms with E-state index in [1.54, 1.807) is 0 Å². The summed E-state index contributed by atoms with van der Waals surface area (Å²) in [7, 11) is -5.24. The molecular formula is C8H10NO7S+. The number of hydrogen-bond acceptors (Lipinski definition) is 6. The predicted octanol–water partition coefficient (Wildman–Crippen LogP) is -0.513. The van der Waals surface area contributed by atoms with E-state index in [0.717, 1.165) is 0 Å². The van der Waals surface area contributed by atoms with Crippen molar-refractivity contribution in [1.29, 1.82) is 0 Å². The Morgan fingerprint density at radius 1 is 1.35 bits per heavy atom. The van der Waals surface area contributed by atoms with Crippen molar-refractivity contribution >= 4 is 28.1 Å². The van der Waals surface area contributed by atoms with Gasteiger partial charge in [0.05, 0.1) is 12.8 Å². The molecule has 1 aliphatic rings. The van der Waals surface area contributed by atoms with Crippen molar-refractivity contribution in [3.63, 3.8) is 0 Å². The highest BCUT2D eigenvalue weighted by Gasteiger charge is 2.65. The van der Waals surface area contributed by atoms with Crippen molar-refractivity contribution in [2.75, 3.05) is 0 Å². The molecule has 0 bridgehead atoms. The second-order valence-corrected chi connectivity index (χ2v) is 4.86. The Bertz CT molecular complexity index is 502. The molecule has 0 aromatic carbocycles. The molecule has 0 saturated carbocycles. The molecular weight excluding hydrogens is 254 g/mol. The van der Waals surface area contributed by atoms with E-state index in [0.29, 0.717) is 0 Å². The molecule has 1 aliphatic heterocycles. The maximum Gasteiger partial charge on any atom is 0.488 e. The van der Waals surface area contributed by atoms with Gasteiger partial charge in [-0.2, -0.15) is 0 Å². The molecule has 9 heteroatoms. The minimum Gasteiger partial charge on any atom is -0.240 e. The van der Waals surface area contributed by atoms with Crippen molar-refractivity contribution in [2.24, 2.45) is 0 Å². The van der Waals surface area contributed by atoms with Crippen LogP contribution in [0.5, 0.6) is 0 Å². The van der Waals surface area contributed by atoms with Crippen LogP contribution in [0.1, 0.15) is 19.8 Å². The van der Waals surface area contributed by atoms with Crippen LogP contribution in [-0.4, -0.2) is 34.8 Å². The molecule has 0 atom stereocenters. The van der Waals surface area contributed by atoms with Crippen LogP contribution in [0.3, 0.4) is 0 Å². The lowest BCUT2D eigenvalue weighted by Gasteiger charge is -2.19. The van der Waals surface area contributed by atoms with Gasteiger partial charge in [-0.25, -0.2) is 23.8 Å². The number of nitrogens with zero attached hydrogens (tertiary/aromatic N) is 1. The van der Waals surface area contributed by atoms with Gasteiger partial charge in [-0.05, 0) is 6.92 Å². The van der Waals surface area contributed by atoms with Crippen LogP contribution < -0.4 is 0 Å². The van der Waals surface area contributed by atoms with Crippen LogP contribution in [0.2, 0.25) is 0 Å². The zero-order valence-electron chi connectivity index (χ0n) is 8.87. The van der Waals surface area contributed by atoms with Crippen LogP contribution >= 0.6 is 0 Å². The molecule has 8 nitrogen and oxygen atoms in total. The third-order valence-electron chi connectivity index (χ3n) is 2.09. The fourth-order valence-corrected chi connectivity index (χ4v) is 2.11. The topological polar surface area (TPSA) is 115 Å². The number of amides is 2. The Kier molecular flexibility index (Phi) is 3.19. The first kappa shape index (κ1) is 13.5. The van der Waals surface area contributed by atoms with Crippen molar-refractivity contribution in [3.05, 3.63) is 12.2 Å². The lowest BCUT2D eigenvalue weighted by atomic mass is 10.4. The molecule has 0 radical (unpaired) electrons. The highest BCUT2D eigenvalue weighted by Crippen LogP contribution is 2.28. The third-order valence-corrected chi connectivity index (χ3v) is 3.23. The third kappa shape index (κ3) is 1.99. The summed E-state index contributed by atoms with van der Waals surface area (Å²) >= 11 is 0. The summed E-state index contributed by atoms with van der Waals surface area (Å²) in [5, 5.41) is 0. The summed E-state index contributed by atoms with van der Waals surface area (Å²) < 4.78 is 28.8. The van der Waals surface area contributed by atoms with Crippen molar-refractivity contribution < 1.29 is 36.2 Å². The molecule has 0 unspecified atom stereocenters. The van der Waals surface area contributed by atoms with E-state index in [9.17, 15) is 22.8 Å². The highest BCUT2D eigenvalue weighted by molar-refractivity contribution is 7.80. The predicted molar refractivity (Wildman–Crippen MR) is 52.0 cm³/mol. The van der Waals surface area contributed by atoms with Gasteiger partial charge in [-0.3, -0.25) is 0 Å². The Morgan fingerprint density at radius 2 is 1.76 bits per heavy atom. The van der Waals surface area contributed by atoms with Gasteiger partial charge < -0.3 is 0 Å². The molecule has 1 saturated heterocycles. The Hall–Kier alpha value is -1.58. The van der Waals surface area contributed by atoms with E-state index >= 15 is 0 Å². The molecule has 0 aromatic rings. The summed E-state index contributed by atoms with van der Waals surface area (Å²) in [4.78, 5) is 38.4. The maximum absolute atomic E-state index is 11.4. The number of hydroxylamine groups is 2. The minimum absolute atomic E-state index is 0.210. The summed E-state index contributed by atoms with van der Waals surface area (Å²) in [5.74, 6) is -3.69. The van der Waals surface area contributed by atoms with Gasteiger partial charge in [0.1, 0.15) is 4.05 Å². The van der Waals surface area contributed by atoms with Crippen LogP contribution in [0, 0.1) is 0 Å². The smallest absolute Gasteiger partial charge is 0.240 e. The molecule has 94 valence electrons. The van der Waals surface area contributed by atoms with Crippen LogP contribution in [-0.2, 0) is 29.5 Å². The quantitative estimate of drug-likeness (QED) is 0.316. The number of carbonyl (C=O) groups excluding carboxylic acids is 3. The molecule has 1 heterocycles. The lowest BCUT2D eigenvalue weighted by molar-refractivity contribution is -0.853. The summed E-state index contributed by atoms with van der Waals surface area (Å²) in [5.41, 5.74) is -0.210. The standard InChI is InChI=1S/C8H9NO7S/c1-5(2)8(12)16-9(17(13,14)15)6(10)3-4-7(9)11/h1,3-4H2,2H3/p+1. The first-order valence-electron chi connectivity index (χ1n) is 4.46. The van der Waals surface area contributed by atoms with Gasteiger partial charge in [-0.15, -0.1) is 8.42 Å². The number of rotatable bonds is 3. The van der Waals surface area contributed by atoms with Crippen LogP contribution in [0.25, 0.3) is 0 Å². The highest BCUT2D eigenvalue weighted by atomic mass is 32.2. The van der Waals surface area contributed by atoms with Gasteiger partial charge in [0, 0.05) is 5.57 Å². The molecule has 0 spiro atoms. The SMILES string of the molecule is C=C(C)C(=O)O[N+]1(S(=O)(=O)O)C(=O)CCC1=O. The molecule has 17 heavy (non-hydrogen) atoms. The van der Waals surface area contributed by atoms with Crippen LogP contribution in [0.15, 0.2) is 12.2 Å². The van der Waals surface area contributed by atoms with Crippen molar-refractivity contribution in [1.82, 2.24) is 0 Å². The molecule has 1 rings (SSSR count). The average Bonchev–Trinajstić information content (AvgIpc) is 2.45. The van der Waals surface area contributed by atoms with E-state index in [1.165, 1.54) is 6.92 Å². The van der Waals surface area contributed by atoms with Crippen molar-refractivity contribution in [2.45, 2.75) is 19.8 Å². The van der Waals surface area contributed by atoms with E-state index in [2.05, 4.69) is 11.4 Å². The zero-order chi connectivity index (χ0) is 13.4. The molecule has 1 N–H and O–H groups in total. The first-order valence-corrected chi connectivity index (χ1v) is 5.85. The number of quaternary nitrogens is 1. The Balaban J connectivity index is 3.32.